The Morgan fingerprint density at radius 2 is 1.91 bits per heavy atom. The molecule has 1 aromatic carbocycles. The summed E-state index contributed by atoms with van der Waals surface area (Å²) in [5.74, 6) is -0.0574. The molecule has 0 aromatic heterocycles. The molecule has 0 aliphatic heterocycles. The highest BCUT2D eigenvalue weighted by molar-refractivity contribution is 5.79. The fraction of sp³-hybridized carbons (Fsp3) is 0.556. The molecule has 1 aliphatic carbocycles. The summed E-state index contributed by atoms with van der Waals surface area (Å²) in [6, 6.07) is 10.7. The minimum absolute atomic E-state index is 0.0574. The Morgan fingerprint density at radius 3 is 2.50 bits per heavy atom. The van der Waals surface area contributed by atoms with Gasteiger partial charge in [0.15, 0.2) is 0 Å². The number of nitrogens with zero attached hydrogens (tertiary/aromatic N) is 2. The summed E-state index contributed by atoms with van der Waals surface area (Å²) in [5.41, 5.74) is 1.78. The number of hydrogen-bond donors (Lipinski definition) is 1. The van der Waals surface area contributed by atoms with E-state index in [2.05, 4.69) is 42.6 Å². The molecule has 0 spiro atoms. The van der Waals surface area contributed by atoms with Crippen molar-refractivity contribution in [2.24, 2.45) is 0 Å². The second-order valence-corrected chi connectivity index (χ2v) is 6.46. The number of carbonyl (C=O) groups is 1. The van der Waals surface area contributed by atoms with Crippen molar-refractivity contribution in [3.63, 3.8) is 0 Å². The molecule has 1 amide bonds. The summed E-state index contributed by atoms with van der Waals surface area (Å²) in [5, 5.41) is 12.4. The van der Waals surface area contributed by atoms with Crippen molar-refractivity contribution in [3.8, 4) is 6.07 Å². The van der Waals surface area contributed by atoms with Crippen molar-refractivity contribution >= 4 is 5.91 Å². The largest absolute Gasteiger partial charge is 0.337 e. The van der Waals surface area contributed by atoms with Crippen LogP contribution < -0.4 is 5.32 Å². The van der Waals surface area contributed by atoms with Crippen LogP contribution in [-0.2, 0) is 11.3 Å². The number of carbonyl (C=O) groups excluding carboxylic acids is 1. The van der Waals surface area contributed by atoms with E-state index in [-0.39, 0.29) is 5.91 Å². The van der Waals surface area contributed by atoms with E-state index in [0.29, 0.717) is 6.54 Å². The average molecular weight is 299 g/mol. The number of amides is 1. The summed E-state index contributed by atoms with van der Waals surface area (Å²) in [6.07, 6.45) is 4.75. The number of aryl methyl sites for hydroxylation is 1. The molecule has 0 atom stereocenters. The van der Waals surface area contributed by atoms with Crippen molar-refractivity contribution in [3.05, 3.63) is 35.4 Å². The topological polar surface area (TPSA) is 56.1 Å². The lowest BCUT2D eigenvalue weighted by Crippen LogP contribution is -2.51. The van der Waals surface area contributed by atoms with Crippen LogP contribution in [0.4, 0.5) is 0 Å². The summed E-state index contributed by atoms with van der Waals surface area (Å²) >= 11 is 0. The highest BCUT2D eigenvalue weighted by Crippen LogP contribution is 2.27. The molecular weight excluding hydrogens is 274 g/mol. The molecule has 2 rings (SSSR count). The highest BCUT2D eigenvalue weighted by atomic mass is 16.2. The van der Waals surface area contributed by atoms with E-state index >= 15 is 0 Å². The number of hydrogen-bond acceptors (Lipinski definition) is 3. The first-order valence-electron chi connectivity index (χ1n) is 7.99. The Hall–Kier alpha value is -1.86. The second kappa shape index (κ2) is 7.42. The van der Waals surface area contributed by atoms with E-state index in [1.54, 1.807) is 0 Å². The SMILES string of the molecule is Cc1ccc(CN(C)CC(=O)NC2(C#N)CCCCC2)cc1. The Bertz CT molecular complexity index is 538. The summed E-state index contributed by atoms with van der Waals surface area (Å²) < 4.78 is 0. The van der Waals surface area contributed by atoms with E-state index in [1.807, 2.05) is 11.9 Å². The average Bonchev–Trinajstić information content (AvgIpc) is 2.50. The molecule has 118 valence electrons. The smallest absolute Gasteiger partial charge is 0.235 e. The minimum Gasteiger partial charge on any atom is -0.337 e. The molecule has 0 bridgehead atoms. The molecular formula is C18H25N3O. The number of rotatable bonds is 5. The van der Waals surface area contributed by atoms with Gasteiger partial charge >= 0.3 is 0 Å². The fourth-order valence-corrected chi connectivity index (χ4v) is 3.03. The van der Waals surface area contributed by atoms with Gasteiger partial charge in [-0.2, -0.15) is 5.26 Å². The zero-order chi connectivity index (χ0) is 16.0. The van der Waals surface area contributed by atoms with Crippen LogP contribution in [-0.4, -0.2) is 29.9 Å². The third-order valence-electron chi connectivity index (χ3n) is 4.29. The summed E-state index contributed by atoms with van der Waals surface area (Å²) in [6.45, 7) is 3.11. The predicted octanol–water partition coefficient (Wildman–Crippen LogP) is 2.77. The number of benzene rings is 1. The van der Waals surface area contributed by atoms with Gasteiger partial charge in [-0.25, -0.2) is 0 Å². The minimum atomic E-state index is -0.639. The van der Waals surface area contributed by atoms with Crippen LogP contribution in [0.15, 0.2) is 24.3 Å². The standard InChI is InChI=1S/C18H25N3O/c1-15-6-8-16(9-7-15)12-21(2)13-17(22)20-18(14-19)10-4-3-5-11-18/h6-9H,3-5,10-13H2,1-2H3,(H,20,22). The van der Waals surface area contributed by atoms with E-state index in [4.69, 9.17) is 0 Å². The fourth-order valence-electron chi connectivity index (χ4n) is 3.03. The van der Waals surface area contributed by atoms with Crippen LogP contribution in [0.5, 0.6) is 0 Å². The van der Waals surface area contributed by atoms with Gasteiger partial charge in [-0.1, -0.05) is 49.1 Å². The predicted molar refractivity (Wildman–Crippen MR) is 87.1 cm³/mol. The summed E-state index contributed by atoms with van der Waals surface area (Å²) in [7, 11) is 1.93. The third kappa shape index (κ3) is 4.57. The maximum atomic E-state index is 12.2. The quantitative estimate of drug-likeness (QED) is 0.909. The molecule has 4 nitrogen and oxygen atoms in total. The molecule has 1 fully saturated rings. The molecule has 1 saturated carbocycles. The van der Waals surface area contributed by atoms with Gasteiger partial charge in [0.2, 0.25) is 5.91 Å². The van der Waals surface area contributed by atoms with E-state index in [1.165, 1.54) is 11.1 Å². The molecule has 0 unspecified atom stereocenters. The Balaban J connectivity index is 1.85. The zero-order valence-corrected chi connectivity index (χ0v) is 13.6. The number of nitrogens with one attached hydrogen (secondary N) is 1. The van der Waals surface area contributed by atoms with E-state index in [0.717, 1.165) is 38.6 Å². The van der Waals surface area contributed by atoms with Crippen molar-refractivity contribution in [2.45, 2.75) is 51.1 Å². The number of likely N-dealkylation sites (N-methyl/N-ethyl adjacent to an activating group) is 1. The van der Waals surface area contributed by atoms with Crippen LogP contribution in [0.25, 0.3) is 0 Å². The van der Waals surface area contributed by atoms with Crippen molar-refractivity contribution in [2.75, 3.05) is 13.6 Å². The Morgan fingerprint density at radius 1 is 1.27 bits per heavy atom. The van der Waals surface area contributed by atoms with Gasteiger partial charge in [0, 0.05) is 6.54 Å². The Labute approximate surface area is 133 Å². The maximum Gasteiger partial charge on any atom is 0.235 e. The van der Waals surface area contributed by atoms with Gasteiger partial charge in [0.25, 0.3) is 0 Å². The number of nitriles is 1. The van der Waals surface area contributed by atoms with Gasteiger partial charge < -0.3 is 5.32 Å². The van der Waals surface area contributed by atoms with Crippen LogP contribution in [0, 0.1) is 18.3 Å². The first-order chi connectivity index (χ1) is 10.5. The highest BCUT2D eigenvalue weighted by Gasteiger charge is 2.33. The molecule has 22 heavy (non-hydrogen) atoms. The summed E-state index contributed by atoms with van der Waals surface area (Å²) in [4.78, 5) is 14.2. The lowest BCUT2D eigenvalue weighted by atomic mass is 9.83. The van der Waals surface area contributed by atoms with Crippen molar-refractivity contribution in [1.82, 2.24) is 10.2 Å². The first kappa shape index (κ1) is 16.5. The van der Waals surface area contributed by atoms with Gasteiger partial charge in [-0.15, -0.1) is 0 Å². The van der Waals surface area contributed by atoms with Gasteiger partial charge in [0.05, 0.1) is 12.6 Å². The zero-order valence-electron chi connectivity index (χ0n) is 13.6. The normalized spacial score (nSPS) is 17.0. The van der Waals surface area contributed by atoms with E-state index in [9.17, 15) is 10.1 Å². The second-order valence-electron chi connectivity index (χ2n) is 6.46. The lowest BCUT2D eigenvalue weighted by molar-refractivity contribution is -0.123. The van der Waals surface area contributed by atoms with Crippen molar-refractivity contribution in [1.29, 1.82) is 5.26 Å². The molecule has 1 aromatic rings. The van der Waals surface area contributed by atoms with Crippen LogP contribution in [0.3, 0.4) is 0 Å². The van der Waals surface area contributed by atoms with E-state index < -0.39 is 5.54 Å². The van der Waals surface area contributed by atoms with Gasteiger partial charge in [-0.3, -0.25) is 9.69 Å². The molecule has 4 heteroatoms. The molecule has 1 aliphatic rings. The molecule has 0 saturated heterocycles. The maximum absolute atomic E-state index is 12.2. The Kier molecular flexibility index (Phi) is 5.57. The van der Waals surface area contributed by atoms with Crippen molar-refractivity contribution < 1.29 is 4.79 Å². The molecule has 0 radical (unpaired) electrons. The molecule has 0 heterocycles. The third-order valence-corrected chi connectivity index (χ3v) is 4.29. The van der Waals surface area contributed by atoms with Gasteiger partial charge in [0.1, 0.15) is 5.54 Å². The first-order valence-corrected chi connectivity index (χ1v) is 7.99. The molecule has 1 N–H and O–H groups in total. The van der Waals surface area contributed by atoms with Crippen LogP contribution in [0.2, 0.25) is 0 Å². The van der Waals surface area contributed by atoms with Gasteiger partial charge in [-0.05, 0) is 32.4 Å². The monoisotopic (exact) mass is 299 g/mol. The van der Waals surface area contributed by atoms with Crippen LogP contribution in [0.1, 0.15) is 43.2 Å². The van der Waals surface area contributed by atoms with Crippen LogP contribution >= 0.6 is 0 Å². The lowest BCUT2D eigenvalue weighted by Gasteiger charge is -2.32.